The summed E-state index contributed by atoms with van der Waals surface area (Å²) in [5.41, 5.74) is 12.8. The summed E-state index contributed by atoms with van der Waals surface area (Å²) in [6.45, 7) is 8.47. The van der Waals surface area contributed by atoms with Crippen LogP contribution in [0.25, 0.3) is 0 Å². The minimum absolute atomic E-state index is 0.0112. The fraction of sp³-hybridized carbons (Fsp3) is 0.280. The number of ether oxygens (including phenoxy) is 1. The molecule has 1 atom stereocenters. The SMILES string of the molecule is CCOC(=O)Nc1ccc(NC(Cc2c(C)cc(C)cc2C)c2ccccc2)nc1N. The minimum Gasteiger partial charge on any atom is -0.450 e. The summed E-state index contributed by atoms with van der Waals surface area (Å²) in [6.07, 6.45) is 0.260. The lowest BCUT2D eigenvalue weighted by Crippen LogP contribution is -2.18. The second-order valence-corrected chi connectivity index (χ2v) is 7.66. The number of rotatable bonds is 7. The van der Waals surface area contributed by atoms with E-state index in [1.807, 2.05) is 24.3 Å². The average Bonchev–Trinajstić information content (AvgIpc) is 2.72. The van der Waals surface area contributed by atoms with Gasteiger partial charge in [-0.15, -0.1) is 0 Å². The van der Waals surface area contributed by atoms with Gasteiger partial charge < -0.3 is 15.8 Å². The zero-order valence-corrected chi connectivity index (χ0v) is 18.5. The Hall–Kier alpha value is -3.54. The van der Waals surface area contributed by atoms with Gasteiger partial charge in [0.15, 0.2) is 0 Å². The molecule has 4 N–H and O–H groups in total. The number of hydrogen-bond acceptors (Lipinski definition) is 5. The molecule has 0 radical (unpaired) electrons. The summed E-state index contributed by atoms with van der Waals surface area (Å²) >= 11 is 0. The maximum Gasteiger partial charge on any atom is 0.411 e. The zero-order valence-electron chi connectivity index (χ0n) is 18.5. The molecule has 0 saturated carbocycles. The third-order valence-corrected chi connectivity index (χ3v) is 5.21. The van der Waals surface area contributed by atoms with Crippen LogP contribution in [0.2, 0.25) is 0 Å². The minimum atomic E-state index is -0.552. The third-order valence-electron chi connectivity index (χ3n) is 5.21. The number of nitrogens with zero attached hydrogens (tertiary/aromatic N) is 1. The molecule has 0 spiro atoms. The van der Waals surface area contributed by atoms with Crippen molar-refractivity contribution >= 4 is 23.4 Å². The molecule has 1 amide bonds. The molecule has 2 aromatic carbocycles. The van der Waals surface area contributed by atoms with Crippen LogP contribution >= 0.6 is 0 Å². The van der Waals surface area contributed by atoms with E-state index in [0.29, 0.717) is 11.5 Å². The van der Waals surface area contributed by atoms with Gasteiger partial charge in [0.25, 0.3) is 0 Å². The molecule has 1 unspecified atom stereocenters. The first-order valence-corrected chi connectivity index (χ1v) is 10.5. The molecule has 0 saturated heterocycles. The van der Waals surface area contributed by atoms with E-state index in [1.165, 1.54) is 22.3 Å². The summed E-state index contributed by atoms with van der Waals surface area (Å²) in [5.74, 6) is 0.871. The van der Waals surface area contributed by atoms with E-state index >= 15 is 0 Å². The van der Waals surface area contributed by atoms with Gasteiger partial charge in [-0.2, -0.15) is 0 Å². The first-order chi connectivity index (χ1) is 14.9. The molecule has 3 aromatic rings. The largest absolute Gasteiger partial charge is 0.450 e. The number of carbonyl (C=O) groups is 1. The molecule has 1 heterocycles. The lowest BCUT2D eigenvalue weighted by molar-refractivity contribution is 0.168. The van der Waals surface area contributed by atoms with Crippen molar-refractivity contribution < 1.29 is 9.53 Å². The van der Waals surface area contributed by atoms with Crippen LogP contribution < -0.4 is 16.4 Å². The van der Waals surface area contributed by atoms with Crippen molar-refractivity contribution in [3.8, 4) is 0 Å². The molecule has 31 heavy (non-hydrogen) atoms. The molecule has 0 bridgehead atoms. The van der Waals surface area contributed by atoms with Crippen molar-refractivity contribution in [2.24, 2.45) is 0 Å². The summed E-state index contributed by atoms with van der Waals surface area (Å²) in [5, 5.41) is 6.13. The Labute approximate surface area is 183 Å². The number of nitrogens with two attached hydrogens (primary N) is 1. The van der Waals surface area contributed by atoms with Gasteiger partial charge in [0, 0.05) is 0 Å². The fourth-order valence-electron chi connectivity index (χ4n) is 3.79. The molecule has 3 rings (SSSR count). The number of amides is 1. The number of carbonyl (C=O) groups excluding carboxylic acids is 1. The molecular formula is C25H30N4O2. The monoisotopic (exact) mass is 418 g/mol. The Morgan fingerprint density at radius 1 is 1.06 bits per heavy atom. The standard InChI is InChI=1S/C25H30N4O2/c1-5-31-25(30)28-21-11-12-23(29-24(21)26)27-22(19-9-7-6-8-10-19)15-20-17(3)13-16(2)14-18(20)4/h6-14,22H,5,15H2,1-4H3,(H,28,30)(H3,26,27,29). The van der Waals surface area contributed by atoms with Crippen LogP contribution in [-0.2, 0) is 11.2 Å². The number of pyridine rings is 1. The van der Waals surface area contributed by atoms with Crippen LogP contribution in [0, 0.1) is 20.8 Å². The molecule has 6 nitrogen and oxygen atoms in total. The van der Waals surface area contributed by atoms with Gasteiger partial charge in [0.2, 0.25) is 0 Å². The molecule has 0 aliphatic rings. The van der Waals surface area contributed by atoms with Gasteiger partial charge in [0.05, 0.1) is 18.3 Å². The van der Waals surface area contributed by atoms with Gasteiger partial charge in [0.1, 0.15) is 11.6 Å². The van der Waals surface area contributed by atoms with Crippen molar-refractivity contribution in [3.63, 3.8) is 0 Å². The fourth-order valence-corrected chi connectivity index (χ4v) is 3.79. The first kappa shape index (κ1) is 22.2. The molecule has 6 heteroatoms. The Morgan fingerprint density at radius 3 is 2.35 bits per heavy atom. The second kappa shape index (κ2) is 9.98. The summed E-state index contributed by atoms with van der Waals surface area (Å²) in [4.78, 5) is 16.1. The summed E-state index contributed by atoms with van der Waals surface area (Å²) < 4.78 is 4.90. The van der Waals surface area contributed by atoms with E-state index in [0.717, 1.165) is 12.0 Å². The lowest BCUT2D eigenvalue weighted by atomic mass is 9.91. The first-order valence-electron chi connectivity index (χ1n) is 10.5. The normalized spacial score (nSPS) is 11.6. The van der Waals surface area contributed by atoms with Gasteiger partial charge >= 0.3 is 6.09 Å². The number of nitrogen functional groups attached to an aromatic ring is 1. The van der Waals surface area contributed by atoms with Gasteiger partial charge in [-0.1, -0.05) is 48.0 Å². The van der Waals surface area contributed by atoms with Gasteiger partial charge in [-0.3, -0.25) is 5.32 Å². The topological polar surface area (TPSA) is 89.3 Å². The Kier molecular flexibility index (Phi) is 7.13. The number of anilines is 3. The maximum atomic E-state index is 11.7. The van der Waals surface area contributed by atoms with E-state index in [9.17, 15) is 4.79 Å². The molecule has 0 fully saturated rings. The average molecular weight is 419 g/mol. The van der Waals surface area contributed by atoms with E-state index in [2.05, 4.69) is 60.7 Å². The van der Waals surface area contributed by atoms with Crippen molar-refractivity contribution in [3.05, 3.63) is 82.4 Å². The van der Waals surface area contributed by atoms with E-state index in [1.54, 1.807) is 13.0 Å². The van der Waals surface area contributed by atoms with Crippen molar-refractivity contribution in [1.29, 1.82) is 0 Å². The number of hydrogen-bond donors (Lipinski definition) is 3. The van der Waals surface area contributed by atoms with Crippen LogP contribution in [0.3, 0.4) is 0 Å². The summed E-state index contributed by atoms with van der Waals surface area (Å²) in [6, 6.07) is 18.3. The highest BCUT2D eigenvalue weighted by atomic mass is 16.5. The highest BCUT2D eigenvalue weighted by molar-refractivity contribution is 5.88. The smallest absolute Gasteiger partial charge is 0.411 e. The number of aromatic nitrogens is 1. The Balaban J connectivity index is 1.86. The van der Waals surface area contributed by atoms with Crippen LogP contribution in [0.5, 0.6) is 0 Å². The predicted molar refractivity (Wildman–Crippen MR) is 126 cm³/mol. The van der Waals surface area contributed by atoms with Crippen LogP contribution in [-0.4, -0.2) is 17.7 Å². The highest BCUT2D eigenvalue weighted by Gasteiger charge is 2.17. The van der Waals surface area contributed by atoms with E-state index in [4.69, 9.17) is 10.5 Å². The van der Waals surface area contributed by atoms with Crippen molar-refractivity contribution in [2.75, 3.05) is 23.0 Å². The summed E-state index contributed by atoms with van der Waals surface area (Å²) in [7, 11) is 0. The van der Waals surface area contributed by atoms with E-state index in [-0.39, 0.29) is 18.5 Å². The maximum absolute atomic E-state index is 11.7. The zero-order chi connectivity index (χ0) is 22.4. The van der Waals surface area contributed by atoms with Crippen LogP contribution in [0.4, 0.5) is 22.1 Å². The molecule has 162 valence electrons. The van der Waals surface area contributed by atoms with Gasteiger partial charge in [-0.25, -0.2) is 9.78 Å². The molecule has 0 aliphatic heterocycles. The number of aryl methyl sites for hydroxylation is 3. The van der Waals surface area contributed by atoms with E-state index < -0.39 is 6.09 Å². The molecule has 1 aromatic heterocycles. The van der Waals surface area contributed by atoms with Gasteiger partial charge in [-0.05, 0) is 68.5 Å². The van der Waals surface area contributed by atoms with Crippen molar-refractivity contribution in [1.82, 2.24) is 4.98 Å². The Morgan fingerprint density at radius 2 is 1.74 bits per heavy atom. The van der Waals surface area contributed by atoms with Crippen LogP contribution in [0.1, 0.15) is 40.8 Å². The molecular weight excluding hydrogens is 388 g/mol. The quantitative estimate of drug-likeness (QED) is 0.468. The van der Waals surface area contributed by atoms with Crippen LogP contribution in [0.15, 0.2) is 54.6 Å². The predicted octanol–water partition coefficient (Wildman–Crippen LogP) is 5.55. The second-order valence-electron chi connectivity index (χ2n) is 7.66. The number of nitrogens with one attached hydrogen (secondary N) is 2. The van der Waals surface area contributed by atoms with Crippen molar-refractivity contribution in [2.45, 2.75) is 40.2 Å². The number of benzene rings is 2. The molecule has 0 aliphatic carbocycles. The highest BCUT2D eigenvalue weighted by Crippen LogP contribution is 2.28. The Bertz CT molecular complexity index is 1030. The third kappa shape index (κ3) is 5.75. The lowest BCUT2D eigenvalue weighted by Gasteiger charge is -2.23.